The van der Waals surface area contributed by atoms with Crippen LogP contribution in [-0.2, 0) is 0 Å². The SMILES string of the molecule is C[C@@H]1CCCN(C(=O)c2ccnnc2)c2ccccc21. The zero-order valence-electron chi connectivity index (χ0n) is 11.5. The normalized spacial score (nSPS) is 18.2. The number of fused-ring (bicyclic) bond motifs is 1. The van der Waals surface area contributed by atoms with Crippen molar-refractivity contribution in [3.63, 3.8) is 0 Å². The van der Waals surface area contributed by atoms with Crippen LogP contribution in [-0.4, -0.2) is 22.6 Å². The van der Waals surface area contributed by atoms with E-state index in [0.717, 1.165) is 25.1 Å². The number of anilines is 1. The van der Waals surface area contributed by atoms with Gasteiger partial charge in [-0.25, -0.2) is 0 Å². The lowest BCUT2D eigenvalue weighted by Gasteiger charge is -2.23. The topological polar surface area (TPSA) is 46.1 Å². The molecule has 2 aromatic rings. The Kier molecular flexibility index (Phi) is 3.46. The second kappa shape index (κ2) is 5.41. The van der Waals surface area contributed by atoms with Gasteiger partial charge in [0.15, 0.2) is 0 Å². The van der Waals surface area contributed by atoms with Gasteiger partial charge < -0.3 is 4.90 Å². The van der Waals surface area contributed by atoms with Crippen molar-refractivity contribution in [3.05, 3.63) is 53.9 Å². The fourth-order valence-corrected chi connectivity index (χ4v) is 2.77. The first-order valence-corrected chi connectivity index (χ1v) is 6.95. The van der Waals surface area contributed by atoms with Crippen molar-refractivity contribution in [2.75, 3.05) is 11.4 Å². The Morgan fingerprint density at radius 3 is 2.90 bits per heavy atom. The summed E-state index contributed by atoms with van der Waals surface area (Å²) in [7, 11) is 0. The van der Waals surface area contributed by atoms with E-state index in [1.54, 1.807) is 12.3 Å². The number of nitrogens with zero attached hydrogens (tertiary/aromatic N) is 3. The third-order valence-electron chi connectivity index (χ3n) is 3.85. The van der Waals surface area contributed by atoms with Crippen LogP contribution in [0.4, 0.5) is 5.69 Å². The Morgan fingerprint density at radius 1 is 1.25 bits per heavy atom. The van der Waals surface area contributed by atoms with Crippen LogP contribution in [0.2, 0.25) is 0 Å². The molecule has 4 heteroatoms. The third kappa shape index (κ3) is 2.29. The van der Waals surface area contributed by atoms with Gasteiger partial charge in [0, 0.05) is 12.2 Å². The minimum atomic E-state index is 0.00134. The van der Waals surface area contributed by atoms with Crippen LogP contribution in [0.3, 0.4) is 0 Å². The molecular weight excluding hydrogens is 250 g/mol. The quantitative estimate of drug-likeness (QED) is 0.798. The first-order valence-electron chi connectivity index (χ1n) is 6.95. The lowest BCUT2D eigenvalue weighted by Crippen LogP contribution is -2.31. The fourth-order valence-electron chi connectivity index (χ4n) is 2.77. The molecule has 1 amide bonds. The molecule has 1 aliphatic rings. The summed E-state index contributed by atoms with van der Waals surface area (Å²) in [5, 5.41) is 7.52. The van der Waals surface area contributed by atoms with Gasteiger partial charge in [-0.05, 0) is 36.5 Å². The zero-order chi connectivity index (χ0) is 13.9. The van der Waals surface area contributed by atoms with Crippen molar-refractivity contribution in [2.45, 2.75) is 25.7 Å². The first kappa shape index (κ1) is 12.8. The zero-order valence-corrected chi connectivity index (χ0v) is 11.5. The molecule has 0 fully saturated rings. The molecule has 0 aliphatic carbocycles. The highest BCUT2D eigenvalue weighted by atomic mass is 16.2. The van der Waals surface area contributed by atoms with Gasteiger partial charge in [0.1, 0.15) is 0 Å². The Hall–Kier alpha value is -2.23. The molecule has 2 heterocycles. The molecule has 1 atom stereocenters. The van der Waals surface area contributed by atoms with Gasteiger partial charge in [-0.3, -0.25) is 4.79 Å². The van der Waals surface area contributed by atoms with E-state index >= 15 is 0 Å². The van der Waals surface area contributed by atoms with E-state index in [2.05, 4.69) is 23.2 Å². The average Bonchev–Trinajstić information content (AvgIpc) is 2.67. The molecule has 3 rings (SSSR count). The van der Waals surface area contributed by atoms with Crippen molar-refractivity contribution < 1.29 is 4.79 Å². The van der Waals surface area contributed by atoms with Crippen LogP contribution in [0.5, 0.6) is 0 Å². The third-order valence-corrected chi connectivity index (χ3v) is 3.85. The summed E-state index contributed by atoms with van der Waals surface area (Å²) in [5.41, 5.74) is 2.86. The van der Waals surface area contributed by atoms with Gasteiger partial charge in [0.05, 0.1) is 18.0 Å². The van der Waals surface area contributed by atoms with E-state index in [9.17, 15) is 4.79 Å². The molecule has 1 aromatic heterocycles. The van der Waals surface area contributed by atoms with Gasteiger partial charge >= 0.3 is 0 Å². The molecule has 0 saturated carbocycles. The standard InChI is InChI=1S/C16H17N3O/c1-12-5-4-10-19(15-7-3-2-6-14(12)15)16(20)13-8-9-17-18-11-13/h2-3,6-9,11-12H,4-5,10H2,1H3/t12-/m1/s1. The van der Waals surface area contributed by atoms with Crippen LogP contribution in [0.25, 0.3) is 0 Å². The van der Waals surface area contributed by atoms with Gasteiger partial charge in [0.25, 0.3) is 5.91 Å². The second-order valence-electron chi connectivity index (χ2n) is 5.19. The highest BCUT2D eigenvalue weighted by molar-refractivity contribution is 6.06. The molecule has 0 bridgehead atoms. The van der Waals surface area contributed by atoms with Crippen molar-refractivity contribution in [1.82, 2.24) is 10.2 Å². The molecular formula is C16H17N3O. The van der Waals surface area contributed by atoms with Crippen LogP contribution in [0.15, 0.2) is 42.7 Å². The van der Waals surface area contributed by atoms with E-state index in [0.29, 0.717) is 11.5 Å². The van der Waals surface area contributed by atoms with E-state index in [1.165, 1.54) is 11.8 Å². The summed E-state index contributed by atoms with van der Waals surface area (Å²) in [5.74, 6) is 0.487. The summed E-state index contributed by atoms with van der Waals surface area (Å²) in [6.07, 6.45) is 5.20. The maximum atomic E-state index is 12.7. The van der Waals surface area contributed by atoms with Crippen LogP contribution in [0, 0.1) is 0 Å². The molecule has 1 aromatic carbocycles. The number of para-hydroxylation sites is 1. The smallest absolute Gasteiger partial charge is 0.259 e. The summed E-state index contributed by atoms with van der Waals surface area (Å²) in [6, 6.07) is 9.89. The maximum absolute atomic E-state index is 12.7. The van der Waals surface area contributed by atoms with Crippen molar-refractivity contribution >= 4 is 11.6 Å². The minimum Gasteiger partial charge on any atom is -0.308 e. The number of aromatic nitrogens is 2. The molecule has 1 aliphatic heterocycles. The highest BCUT2D eigenvalue weighted by Gasteiger charge is 2.24. The Bertz CT molecular complexity index is 612. The van der Waals surface area contributed by atoms with Gasteiger partial charge in [0.2, 0.25) is 0 Å². The number of amides is 1. The number of carbonyl (C=O) groups is 1. The molecule has 20 heavy (non-hydrogen) atoms. The lowest BCUT2D eigenvalue weighted by atomic mass is 9.96. The summed E-state index contributed by atoms with van der Waals surface area (Å²) >= 11 is 0. The van der Waals surface area contributed by atoms with Gasteiger partial charge in [-0.1, -0.05) is 25.1 Å². The molecule has 4 nitrogen and oxygen atoms in total. The molecule has 0 spiro atoms. The van der Waals surface area contributed by atoms with E-state index in [-0.39, 0.29) is 5.91 Å². The second-order valence-corrected chi connectivity index (χ2v) is 5.19. The Balaban J connectivity index is 2.01. The van der Waals surface area contributed by atoms with Crippen molar-refractivity contribution in [1.29, 1.82) is 0 Å². The Morgan fingerprint density at radius 2 is 2.10 bits per heavy atom. The van der Waals surface area contributed by atoms with E-state index in [1.807, 2.05) is 23.1 Å². The molecule has 102 valence electrons. The highest BCUT2D eigenvalue weighted by Crippen LogP contribution is 2.34. The number of benzene rings is 1. The minimum absolute atomic E-state index is 0.00134. The first-order chi connectivity index (χ1) is 9.77. The van der Waals surface area contributed by atoms with Crippen LogP contribution in [0.1, 0.15) is 41.6 Å². The van der Waals surface area contributed by atoms with Crippen molar-refractivity contribution in [2.24, 2.45) is 0 Å². The lowest BCUT2D eigenvalue weighted by molar-refractivity contribution is 0.0986. The molecule has 0 N–H and O–H groups in total. The van der Waals surface area contributed by atoms with Gasteiger partial charge in [-0.2, -0.15) is 10.2 Å². The van der Waals surface area contributed by atoms with Crippen molar-refractivity contribution in [3.8, 4) is 0 Å². The Labute approximate surface area is 118 Å². The number of carbonyl (C=O) groups excluding carboxylic acids is 1. The number of hydrogen-bond acceptors (Lipinski definition) is 3. The van der Waals surface area contributed by atoms with Gasteiger partial charge in [-0.15, -0.1) is 0 Å². The predicted molar refractivity (Wildman–Crippen MR) is 77.8 cm³/mol. The predicted octanol–water partition coefficient (Wildman–Crippen LogP) is 3.02. The van der Waals surface area contributed by atoms with E-state index < -0.39 is 0 Å². The number of rotatable bonds is 1. The summed E-state index contributed by atoms with van der Waals surface area (Å²) in [6.45, 7) is 2.98. The molecule has 0 unspecified atom stereocenters. The number of hydrogen-bond donors (Lipinski definition) is 0. The van der Waals surface area contributed by atoms with Crippen LogP contribution < -0.4 is 4.90 Å². The average molecular weight is 267 g/mol. The summed E-state index contributed by atoms with van der Waals surface area (Å²) in [4.78, 5) is 14.6. The van der Waals surface area contributed by atoms with E-state index in [4.69, 9.17) is 0 Å². The summed E-state index contributed by atoms with van der Waals surface area (Å²) < 4.78 is 0. The fraction of sp³-hybridized carbons (Fsp3) is 0.312. The monoisotopic (exact) mass is 267 g/mol. The molecule has 0 saturated heterocycles. The van der Waals surface area contributed by atoms with Crippen LogP contribution >= 0.6 is 0 Å². The maximum Gasteiger partial charge on any atom is 0.259 e. The molecule has 0 radical (unpaired) electrons. The largest absolute Gasteiger partial charge is 0.308 e.